The molecule has 0 radical (unpaired) electrons. The molecular formula is C12H21N3O. The Balaban J connectivity index is 2.06. The summed E-state index contributed by atoms with van der Waals surface area (Å²) < 4.78 is 1.99. The smallest absolute Gasteiger partial charge is 0.125 e. The molecule has 0 atom stereocenters. The van der Waals surface area contributed by atoms with E-state index in [0.29, 0.717) is 6.04 Å². The second-order valence-electron chi connectivity index (χ2n) is 4.62. The number of rotatable bonds is 4. The van der Waals surface area contributed by atoms with Crippen LogP contribution in [0.5, 0.6) is 0 Å². The van der Waals surface area contributed by atoms with Gasteiger partial charge in [-0.15, -0.1) is 0 Å². The molecule has 1 saturated carbocycles. The van der Waals surface area contributed by atoms with E-state index in [1.807, 2.05) is 10.9 Å². The van der Waals surface area contributed by atoms with Gasteiger partial charge >= 0.3 is 0 Å². The lowest BCUT2D eigenvalue weighted by Crippen LogP contribution is -2.16. The van der Waals surface area contributed by atoms with E-state index in [2.05, 4.69) is 5.10 Å². The van der Waals surface area contributed by atoms with Crippen LogP contribution in [0.4, 0.5) is 5.82 Å². The van der Waals surface area contributed by atoms with Crippen molar-refractivity contribution in [1.82, 2.24) is 9.78 Å². The van der Waals surface area contributed by atoms with E-state index in [0.717, 1.165) is 24.2 Å². The Morgan fingerprint density at radius 1 is 1.38 bits per heavy atom. The first kappa shape index (κ1) is 11.5. The van der Waals surface area contributed by atoms with Crippen LogP contribution < -0.4 is 5.73 Å². The highest BCUT2D eigenvalue weighted by atomic mass is 16.2. The lowest BCUT2D eigenvalue weighted by atomic mass is 9.95. The fraction of sp³-hybridized carbons (Fsp3) is 0.750. The van der Waals surface area contributed by atoms with Crippen LogP contribution in [0.3, 0.4) is 0 Å². The molecule has 1 aliphatic rings. The van der Waals surface area contributed by atoms with Crippen LogP contribution in [-0.4, -0.2) is 21.5 Å². The van der Waals surface area contributed by atoms with Gasteiger partial charge in [-0.1, -0.05) is 19.3 Å². The summed E-state index contributed by atoms with van der Waals surface area (Å²) in [7, 11) is 0. The third kappa shape index (κ3) is 2.38. The highest BCUT2D eigenvalue weighted by molar-refractivity contribution is 5.39. The van der Waals surface area contributed by atoms with E-state index >= 15 is 0 Å². The minimum Gasteiger partial charge on any atom is -0.396 e. The fourth-order valence-corrected chi connectivity index (χ4v) is 2.49. The van der Waals surface area contributed by atoms with Crippen LogP contribution in [0.1, 0.15) is 50.1 Å². The standard InChI is InChI=1S/C12H21N3O/c13-12-10(5-4-8-16)9-14-15(12)11-6-2-1-3-7-11/h9,11,16H,1-8,13H2. The normalized spacial score (nSPS) is 17.8. The van der Waals surface area contributed by atoms with Crippen molar-refractivity contribution in [2.24, 2.45) is 0 Å². The fourth-order valence-electron chi connectivity index (χ4n) is 2.49. The summed E-state index contributed by atoms with van der Waals surface area (Å²) in [6.07, 6.45) is 9.77. The number of anilines is 1. The van der Waals surface area contributed by atoms with E-state index < -0.39 is 0 Å². The van der Waals surface area contributed by atoms with Crippen LogP contribution in [0.25, 0.3) is 0 Å². The Hall–Kier alpha value is -1.03. The maximum Gasteiger partial charge on any atom is 0.125 e. The zero-order chi connectivity index (χ0) is 11.4. The Kier molecular flexibility index (Phi) is 3.83. The van der Waals surface area contributed by atoms with Gasteiger partial charge in [-0.3, -0.25) is 0 Å². The van der Waals surface area contributed by atoms with E-state index in [1.54, 1.807) is 0 Å². The number of nitrogen functional groups attached to an aromatic ring is 1. The van der Waals surface area contributed by atoms with Crippen LogP contribution in [-0.2, 0) is 6.42 Å². The molecule has 1 aliphatic carbocycles. The Morgan fingerprint density at radius 3 is 2.81 bits per heavy atom. The number of aliphatic hydroxyl groups excluding tert-OH is 1. The molecule has 1 aromatic rings. The minimum absolute atomic E-state index is 0.216. The van der Waals surface area contributed by atoms with Crippen molar-refractivity contribution < 1.29 is 5.11 Å². The summed E-state index contributed by atoms with van der Waals surface area (Å²) in [5, 5.41) is 13.2. The Morgan fingerprint density at radius 2 is 2.12 bits per heavy atom. The number of hydrogen-bond acceptors (Lipinski definition) is 3. The zero-order valence-electron chi connectivity index (χ0n) is 9.73. The summed E-state index contributed by atoms with van der Waals surface area (Å²) in [6.45, 7) is 0.216. The summed E-state index contributed by atoms with van der Waals surface area (Å²) >= 11 is 0. The van der Waals surface area contributed by atoms with Gasteiger partial charge in [-0.2, -0.15) is 5.10 Å². The molecule has 0 spiro atoms. The lowest BCUT2D eigenvalue weighted by Gasteiger charge is -2.23. The molecule has 3 N–H and O–H groups in total. The number of aryl methyl sites for hydroxylation is 1. The van der Waals surface area contributed by atoms with Crippen molar-refractivity contribution in [3.63, 3.8) is 0 Å². The number of aromatic nitrogens is 2. The molecule has 1 fully saturated rings. The Labute approximate surface area is 96.5 Å². The van der Waals surface area contributed by atoms with E-state index in [1.165, 1.54) is 32.1 Å². The average molecular weight is 223 g/mol. The van der Waals surface area contributed by atoms with Gasteiger partial charge in [0, 0.05) is 12.2 Å². The third-order valence-electron chi connectivity index (χ3n) is 3.44. The first-order chi connectivity index (χ1) is 7.83. The van der Waals surface area contributed by atoms with E-state index in [-0.39, 0.29) is 6.61 Å². The topological polar surface area (TPSA) is 64.1 Å². The van der Waals surface area contributed by atoms with Crippen molar-refractivity contribution in [2.75, 3.05) is 12.3 Å². The zero-order valence-corrected chi connectivity index (χ0v) is 9.73. The molecule has 0 unspecified atom stereocenters. The number of nitrogens with two attached hydrogens (primary N) is 1. The highest BCUT2D eigenvalue weighted by Crippen LogP contribution is 2.30. The van der Waals surface area contributed by atoms with E-state index in [9.17, 15) is 0 Å². The molecule has 2 rings (SSSR count). The molecular weight excluding hydrogens is 202 g/mol. The first-order valence-corrected chi connectivity index (χ1v) is 6.25. The second kappa shape index (κ2) is 5.34. The van der Waals surface area contributed by atoms with Crippen LogP contribution in [0.15, 0.2) is 6.20 Å². The van der Waals surface area contributed by atoms with Crippen LogP contribution in [0, 0.1) is 0 Å². The maximum absolute atomic E-state index is 8.81. The first-order valence-electron chi connectivity index (χ1n) is 6.25. The number of nitrogens with zero attached hydrogens (tertiary/aromatic N) is 2. The molecule has 0 amide bonds. The SMILES string of the molecule is Nc1c(CCCO)cnn1C1CCCCC1. The maximum atomic E-state index is 8.81. The molecule has 4 heteroatoms. The molecule has 0 saturated heterocycles. The average Bonchev–Trinajstić information content (AvgIpc) is 2.69. The molecule has 1 heterocycles. The number of aliphatic hydroxyl groups is 1. The van der Waals surface area contributed by atoms with E-state index in [4.69, 9.17) is 10.8 Å². The van der Waals surface area contributed by atoms with Crippen LogP contribution in [0.2, 0.25) is 0 Å². The largest absolute Gasteiger partial charge is 0.396 e. The summed E-state index contributed by atoms with van der Waals surface area (Å²) in [5.41, 5.74) is 7.18. The second-order valence-corrected chi connectivity index (χ2v) is 4.62. The molecule has 0 bridgehead atoms. The molecule has 1 aromatic heterocycles. The summed E-state index contributed by atoms with van der Waals surface area (Å²) in [6, 6.07) is 0.497. The monoisotopic (exact) mass is 223 g/mol. The predicted octanol–water partition coefficient (Wildman–Crippen LogP) is 1.90. The quantitative estimate of drug-likeness (QED) is 0.819. The Bertz CT molecular complexity index is 329. The lowest BCUT2D eigenvalue weighted by molar-refractivity contribution is 0.288. The predicted molar refractivity (Wildman–Crippen MR) is 64.2 cm³/mol. The summed E-state index contributed by atoms with van der Waals surface area (Å²) in [5.74, 6) is 0.806. The third-order valence-corrected chi connectivity index (χ3v) is 3.44. The van der Waals surface area contributed by atoms with Crippen molar-refractivity contribution in [2.45, 2.75) is 51.0 Å². The van der Waals surface area contributed by atoms with Crippen molar-refractivity contribution in [3.8, 4) is 0 Å². The molecule has 4 nitrogen and oxygen atoms in total. The van der Waals surface area contributed by atoms with Gasteiger partial charge in [0.25, 0.3) is 0 Å². The van der Waals surface area contributed by atoms with Gasteiger partial charge in [0.2, 0.25) is 0 Å². The minimum atomic E-state index is 0.216. The van der Waals surface area contributed by atoms with Gasteiger partial charge in [0.05, 0.1) is 12.2 Å². The van der Waals surface area contributed by atoms with Gasteiger partial charge in [-0.05, 0) is 25.7 Å². The van der Waals surface area contributed by atoms with Crippen LogP contribution >= 0.6 is 0 Å². The molecule has 90 valence electrons. The molecule has 0 aliphatic heterocycles. The van der Waals surface area contributed by atoms with Gasteiger partial charge in [0.15, 0.2) is 0 Å². The van der Waals surface area contributed by atoms with Crippen molar-refractivity contribution in [3.05, 3.63) is 11.8 Å². The number of hydrogen-bond donors (Lipinski definition) is 2. The summed E-state index contributed by atoms with van der Waals surface area (Å²) in [4.78, 5) is 0. The van der Waals surface area contributed by atoms with Gasteiger partial charge in [0.1, 0.15) is 5.82 Å². The van der Waals surface area contributed by atoms with Crippen molar-refractivity contribution >= 4 is 5.82 Å². The highest BCUT2D eigenvalue weighted by Gasteiger charge is 2.19. The van der Waals surface area contributed by atoms with Gasteiger partial charge in [-0.25, -0.2) is 4.68 Å². The molecule has 16 heavy (non-hydrogen) atoms. The molecule has 0 aromatic carbocycles. The van der Waals surface area contributed by atoms with Gasteiger partial charge < -0.3 is 10.8 Å². The van der Waals surface area contributed by atoms with Crippen molar-refractivity contribution in [1.29, 1.82) is 0 Å².